The van der Waals surface area contributed by atoms with Crippen LogP contribution in [0.25, 0.3) is 0 Å². The molecule has 3 heteroatoms. The van der Waals surface area contributed by atoms with Gasteiger partial charge in [-0.25, -0.2) is 0 Å². The molecule has 4 saturated heterocycles. The summed E-state index contributed by atoms with van der Waals surface area (Å²) in [6.45, 7) is 18.2. The minimum absolute atomic E-state index is 0. The zero-order valence-electron chi connectivity index (χ0n) is 18.0. The summed E-state index contributed by atoms with van der Waals surface area (Å²) >= 11 is 0. The Bertz CT molecular complexity index is 487. The monoisotopic (exact) mass is 366 g/mol. The van der Waals surface area contributed by atoms with Crippen LogP contribution in [0.15, 0.2) is 0 Å². The van der Waals surface area contributed by atoms with E-state index in [1.165, 1.54) is 32.1 Å². The molecule has 154 valence electrons. The van der Waals surface area contributed by atoms with Gasteiger partial charge in [0, 0.05) is 35.2 Å². The molecule has 4 rings (SSSR count). The summed E-state index contributed by atoms with van der Waals surface area (Å²) in [7, 11) is 0. The first kappa shape index (κ1) is 22.2. The maximum absolute atomic E-state index is 10.2. The zero-order chi connectivity index (χ0) is 18.8. The van der Waals surface area contributed by atoms with Crippen molar-refractivity contribution in [3.8, 4) is 0 Å². The van der Waals surface area contributed by atoms with Gasteiger partial charge in [0.05, 0.1) is 5.60 Å². The highest BCUT2D eigenvalue weighted by molar-refractivity contribution is 5.10. The number of hydrogen-bond acceptors (Lipinski definition) is 3. The highest BCUT2D eigenvalue weighted by Crippen LogP contribution is 2.47. The molecule has 0 spiro atoms. The van der Waals surface area contributed by atoms with Crippen molar-refractivity contribution in [3.63, 3.8) is 0 Å². The second-order valence-electron chi connectivity index (χ2n) is 11.5. The van der Waals surface area contributed by atoms with Crippen LogP contribution in [0.4, 0.5) is 0 Å². The molecule has 0 aromatic carbocycles. The van der Waals surface area contributed by atoms with Crippen LogP contribution in [0.2, 0.25) is 0 Å². The van der Waals surface area contributed by atoms with E-state index in [4.69, 9.17) is 0 Å². The topological polar surface area (TPSA) is 26.7 Å². The van der Waals surface area contributed by atoms with Crippen LogP contribution in [0, 0.1) is 5.92 Å². The van der Waals surface area contributed by atoms with E-state index in [0.29, 0.717) is 17.6 Å². The molecule has 0 aromatic rings. The predicted octanol–water partition coefficient (Wildman–Crippen LogP) is 5.07. The lowest BCUT2D eigenvalue weighted by molar-refractivity contribution is 0.00218. The van der Waals surface area contributed by atoms with E-state index in [2.05, 4.69) is 58.3 Å². The van der Waals surface area contributed by atoms with Crippen molar-refractivity contribution in [1.29, 1.82) is 0 Å². The van der Waals surface area contributed by atoms with Crippen molar-refractivity contribution < 1.29 is 5.11 Å². The molecule has 0 radical (unpaired) electrons. The fraction of sp³-hybridized carbons (Fsp3) is 1.00. The van der Waals surface area contributed by atoms with Gasteiger partial charge in [0.1, 0.15) is 0 Å². The summed E-state index contributed by atoms with van der Waals surface area (Å²) in [5, 5.41) is 10.2. The second kappa shape index (κ2) is 7.04. The van der Waals surface area contributed by atoms with Crippen LogP contribution in [0.3, 0.4) is 0 Å². The van der Waals surface area contributed by atoms with Gasteiger partial charge in [-0.3, -0.25) is 9.80 Å². The quantitative estimate of drug-likeness (QED) is 0.648. The Kier molecular flexibility index (Phi) is 6.01. The van der Waals surface area contributed by atoms with Gasteiger partial charge in [-0.05, 0) is 92.9 Å². The average Bonchev–Trinajstić information content (AvgIpc) is 3.11. The van der Waals surface area contributed by atoms with Crippen LogP contribution in [-0.4, -0.2) is 55.8 Å². The molecule has 4 fully saturated rings. The molecule has 0 aliphatic carbocycles. The molecule has 0 aromatic heterocycles. The van der Waals surface area contributed by atoms with E-state index in [1.54, 1.807) is 0 Å². The Morgan fingerprint density at radius 1 is 0.846 bits per heavy atom. The molecule has 4 heterocycles. The summed E-state index contributed by atoms with van der Waals surface area (Å²) in [5.74, 6) is 0.947. The number of aliphatic hydroxyl groups is 1. The molecule has 3 nitrogen and oxygen atoms in total. The van der Waals surface area contributed by atoms with Crippen molar-refractivity contribution >= 4 is 0 Å². The molecule has 6 unspecified atom stereocenters. The van der Waals surface area contributed by atoms with Crippen LogP contribution in [0.5, 0.6) is 0 Å². The lowest BCUT2D eigenvalue weighted by atomic mass is 9.86. The van der Waals surface area contributed by atoms with Gasteiger partial charge < -0.3 is 5.11 Å². The van der Waals surface area contributed by atoms with Gasteiger partial charge in [-0.1, -0.05) is 14.4 Å². The predicted molar refractivity (Wildman–Crippen MR) is 113 cm³/mol. The molecule has 4 bridgehead atoms. The van der Waals surface area contributed by atoms with E-state index in [9.17, 15) is 5.11 Å². The fourth-order valence-corrected chi connectivity index (χ4v) is 6.66. The molecular formula is C23H46N2O. The molecule has 1 N–H and O–H groups in total. The van der Waals surface area contributed by atoms with E-state index >= 15 is 0 Å². The summed E-state index contributed by atoms with van der Waals surface area (Å²) in [4.78, 5) is 5.28. The molecule has 6 atom stereocenters. The first-order chi connectivity index (χ1) is 11.3. The minimum Gasteiger partial charge on any atom is -0.388 e. The summed E-state index contributed by atoms with van der Waals surface area (Å²) < 4.78 is 0. The highest BCUT2D eigenvalue weighted by Gasteiger charge is 2.55. The third kappa shape index (κ3) is 3.86. The first-order valence-electron chi connectivity index (χ1n) is 10.6. The van der Waals surface area contributed by atoms with Gasteiger partial charge in [-0.2, -0.15) is 0 Å². The van der Waals surface area contributed by atoms with Crippen LogP contribution in [-0.2, 0) is 0 Å². The number of rotatable bonds is 0. The summed E-state index contributed by atoms with van der Waals surface area (Å²) in [6, 6.07) is 2.83. The normalized spacial score (nSPS) is 42.6. The van der Waals surface area contributed by atoms with Gasteiger partial charge >= 0.3 is 0 Å². The van der Waals surface area contributed by atoms with Gasteiger partial charge in [0.15, 0.2) is 0 Å². The van der Waals surface area contributed by atoms with Crippen molar-refractivity contribution in [3.05, 3.63) is 0 Å². The van der Waals surface area contributed by atoms with Crippen molar-refractivity contribution in [2.45, 2.75) is 142 Å². The van der Waals surface area contributed by atoms with E-state index in [1.807, 2.05) is 6.92 Å². The van der Waals surface area contributed by atoms with Crippen molar-refractivity contribution in [2.75, 3.05) is 0 Å². The Hall–Kier alpha value is -0.120. The smallest absolute Gasteiger partial charge is 0.0789 e. The average molecular weight is 367 g/mol. The van der Waals surface area contributed by atoms with Crippen molar-refractivity contribution in [2.24, 2.45) is 5.92 Å². The SMILES string of the molecule is C.CC1(O)CC2CCC1N2C(C)(C)C.CC1CC2CCC1N2C(C)(C)C. The lowest BCUT2D eigenvalue weighted by Crippen LogP contribution is -2.48. The molecule has 4 aliphatic rings. The molecular weight excluding hydrogens is 320 g/mol. The largest absolute Gasteiger partial charge is 0.388 e. The second-order valence-corrected chi connectivity index (χ2v) is 11.5. The number of hydrogen-bond donors (Lipinski definition) is 1. The zero-order valence-corrected chi connectivity index (χ0v) is 18.0. The Labute approximate surface area is 163 Å². The molecule has 0 saturated carbocycles. The third-order valence-electron chi connectivity index (χ3n) is 7.27. The maximum Gasteiger partial charge on any atom is 0.0789 e. The van der Waals surface area contributed by atoms with Crippen LogP contribution >= 0.6 is 0 Å². The Balaban J connectivity index is 0.000000180. The van der Waals surface area contributed by atoms with E-state index < -0.39 is 5.60 Å². The van der Waals surface area contributed by atoms with E-state index in [0.717, 1.165) is 24.4 Å². The molecule has 26 heavy (non-hydrogen) atoms. The number of fused-ring (bicyclic) bond motifs is 4. The van der Waals surface area contributed by atoms with Gasteiger partial charge in [0.2, 0.25) is 0 Å². The minimum atomic E-state index is -0.434. The first-order valence-corrected chi connectivity index (χ1v) is 10.6. The lowest BCUT2D eigenvalue weighted by Gasteiger charge is -2.37. The molecule has 4 aliphatic heterocycles. The van der Waals surface area contributed by atoms with Gasteiger partial charge in [-0.15, -0.1) is 0 Å². The summed E-state index contributed by atoms with van der Waals surface area (Å²) in [6.07, 6.45) is 7.76. The highest BCUT2D eigenvalue weighted by atomic mass is 16.3. The van der Waals surface area contributed by atoms with Gasteiger partial charge in [0.25, 0.3) is 0 Å². The maximum atomic E-state index is 10.2. The van der Waals surface area contributed by atoms with E-state index in [-0.39, 0.29) is 13.0 Å². The van der Waals surface area contributed by atoms with Crippen LogP contribution < -0.4 is 0 Å². The summed E-state index contributed by atoms with van der Waals surface area (Å²) in [5.41, 5.74) is 0.180. The molecule has 0 amide bonds. The standard InChI is InChI=1S/C11H21NO.C11H21N.CH4/c1-10(2,3)12-8-5-6-9(12)11(4,13)7-8;1-8-7-9-5-6-10(8)12(9)11(2,3)4;/h8-9,13H,5-7H2,1-4H3;8-10H,5-7H2,1-4H3;1H4. The fourth-order valence-electron chi connectivity index (χ4n) is 6.66. The third-order valence-corrected chi connectivity index (χ3v) is 7.27. The van der Waals surface area contributed by atoms with Crippen molar-refractivity contribution in [1.82, 2.24) is 9.80 Å². The Morgan fingerprint density at radius 2 is 1.38 bits per heavy atom. The Morgan fingerprint density at radius 3 is 1.62 bits per heavy atom. The van der Waals surface area contributed by atoms with Crippen LogP contribution in [0.1, 0.15) is 101 Å². The number of nitrogens with zero attached hydrogens (tertiary/aromatic N) is 2.